The molecule has 5 nitrogen and oxygen atoms in total. The van der Waals surface area contributed by atoms with Crippen LogP contribution in [0.4, 0.5) is 9.18 Å². The maximum atomic E-state index is 15.0. The summed E-state index contributed by atoms with van der Waals surface area (Å²) in [6.45, 7) is 6.92. The van der Waals surface area contributed by atoms with Crippen LogP contribution in [0.2, 0.25) is 5.02 Å². The molecule has 0 bridgehead atoms. The Balaban J connectivity index is 1.91. The number of nitrogens with one attached hydrogen (secondary N) is 1. The molecule has 1 unspecified atom stereocenters. The summed E-state index contributed by atoms with van der Waals surface area (Å²) in [5, 5.41) is 4.04. The van der Waals surface area contributed by atoms with Gasteiger partial charge in [-0.25, -0.2) is 9.18 Å². The van der Waals surface area contributed by atoms with Crippen LogP contribution in [0, 0.1) is 5.82 Å². The van der Waals surface area contributed by atoms with E-state index in [1.54, 1.807) is 58.3 Å². The number of alkyl carbamates (subject to hydrolysis) is 1. The molecule has 0 saturated heterocycles. The van der Waals surface area contributed by atoms with Crippen LogP contribution in [-0.4, -0.2) is 22.5 Å². The summed E-state index contributed by atoms with van der Waals surface area (Å²) in [5.74, 6) is -1.28. The Hall–Kier alpha value is -2.99. The molecule has 0 fully saturated rings. The first-order chi connectivity index (χ1) is 14.1. The van der Waals surface area contributed by atoms with Gasteiger partial charge in [0.2, 0.25) is 0 Å². The number of pyridine rings is 1. The molecule has 1 N–H and O–H groups in total. The first-order valence-corrected chi connectivity index (χ1v) is 9.80. The summed E-state index contributed by atoms with van der Waals surface area (Å²) in [5.41, 5.74) is -0.115. The van der Waals surface area contributed by atoms with Crippen molar-refractivity contribution in [1.82, 2.24) is 10.3 Å². The van der Waals surface area contributed by atoms with Crippen molar-refractivity contribution in [2.24, 2.45) is 0 Å². The molecule has 0 radical (unpaired) electrons. The van der Waals surface area contributed by atoms with Gasteiger partial charge in [-0.3, -0.25) is 9.78 Å². The van der Waals surface area contributed by atoms with Crippen molar-refractivity contribution in [3.8, 4) is 0 Å². The second kappa shape index (κ2) is 8.40. The molecule has 1 aromatic heterocycles. The highest BCUT2D eigenvalue weighted by Gasteiger charge is 2.23. The maximum Gasteiger partial charge on any atom is 0.408 e. The minimum Gasteiger partial charge on any atom is -0.444 e. The number of benzene rings is 2. The van der Waals surface area contributed by atoms with Gasteiger partial charge in [-0.05, 0) is 56.8 Å². The van der Waals surface area contributed by atoms with Gasteiger partial charge in [0.05, 0.1) is 16.6 Å². The van der Waals surface area contributed by atoms with Crippen LogP contribution in [-0.2, 0) is 4.74 Å². The zero-order valence-corrected chi connectivity index (χ0v) is 17.9. The Kier molecular flexibility index (Phi) is 6.08. The maximum absolute atomic E-state index is 15.0. The second-order valence-electron chi connectivity index (χ2n) is 7.96. The quantitative estimate of drug-likeness (QED) is 0.529. The fourth-order valence-electron chi connectivity index (χ4n) is 3.08. The van der Waals surface area contributed by atoms with E-state index >= 15 is 0 Å². The Labute approximate surface area is 179 Å². The average molecular weight is 429 g/mol. The molecule has 0 aliphatic carbocycles. The highest BCUT2D eigenvalue weighted by atomic mass is 35.5. The third-order valence-electron chi connectivity index (χ3n) is 4.45. The average Bonchev–Trinajstić information content (AvgIpc) is 2.65. The number of nitrogens with zero attached hydrogens (tertiary/aromatic N) is 1. The van der Waals surface area contributed by atoms with Gasteiger partial charge in [-0.2, -0.15) is 0 Å². The van der Waals surface area contributed by atoms with Crippen molar-refractivity contribution in [2.75, 3.05) is 0 Å². The van der Waals surface area contributed by atoms with Gasteiger partial charge in [0, 0.05) is 23.3 Å². The SMILES string of the molecule is CC(NC(=O)OC(C)(C)C)c1cc(F)c(C(=O)c2cccc3cnccc23)c(Cl)c1. The number of rotatable bonds is 4. The molecule has 1 heterocycles. The first kappa shape index (κ1) is 21.7. The van der Waals surface area contributed by atoms with E-state index in [2.05, 4.69) is 10.3 Å². The van der Waals surface area contributed by atoms with Gasteiger partial charge in [-0.15, -0.1) is 0 Å². The van der Waals surface area contributed by atoms with Crippen LogP contribution < -0.4 is 5.32 Å². The highest BCUT2D eigenvalue weighted by molar-refractivity contribution is 6.35. The number of ketones is 1. The van der Waals surface area contributed by atoms with E-state index in [0.29, 0.717) is 16.5 Å². The van der Waals surface area contributed by atoms with Gasteiger partial charge in [-0.1, -0.05) is 29.8 Å². The topological polar surface area (TPSA) is 68.3 Å². The number of halogens is 2. The van der Waals surface area contributed by atoms with Gasteiger partial charge >= 0.3 is 6.09 Å². The van der Waals surface area contributed by atoms with Crippen LogP contribution in [0.25, 0.3) is 10.8 Å². The molecule has 0 aliphatic heterocycles. The largest absolute Gasteiger partial charge is 0.444 e. The van der Waals surface area contributed by atoms with E-state index < -0.39 is 29.3 Å². The van der Waals surface area contributed by atoms with Crippen molar-refractivity contribution >= 4 is 34.2 Å². The van der Waals surface area contributed by atoms with E-state index in [4.69, 9.17) is 16.3 Å². The molecule has 156 valence electrons. The number of ether oxygens (including phenoxy) is 1. The smallest absolute Gasteiger partial charge is 0.408 e. The van der Waals surface area contributed by atoms with E-state index in [1.807, 2.05) is 6.07 Å². The summed E-state index contributed by atoms with van der Waals surface area (Å²) in [6, 6.07) is 8.98. The summed E-state index contributed by atoms with van der Waals surface area (Å²) in [4.78, 5) is 29.1. The monoisotopic (exact) mass is 428 g/mol. The molecule has 2 aromatic carbocycles. The van der Waals surface area contributed by atoms with Crippen molar-refractivity contribution in [2.45, 2.75) is 39.3 Å². The lowest BCUT2D eigenvalue weighted by atomic mass is 9.96. The lowest BCUT2D eigenvalue weighted by Crippen LogP contribution is -2.34. The number of amides is 1. The third kappa shape index (κ3) is 4.76. The number of hydrogen-bond acceptors (Lipinski definition) is 4. The van der Waals surface area contributed by atoms with E-state index in [1.165, 1.54) is 12.1 Å². The number of aromatic nitrogens is 1. The molecule has 0 saturated carbocycles. The number of carbonyl (C=O) groups is 2. The van der Waals surface area contributed by atoms with E-state index in [0.717, 1.165) is 5.39 Å². The molecule has 0 aliphatic rings. The third-order valence-corrected chi connectivity index (χ3v) is 4.75. The molecular formula is C23H22ClFN2O3. The Morgan fingerprint density at radius 3 is 2.60 bits per heavy atom. The standard InChI is InChI=1S/C23H22ClFN2O3/c1-13(27-22(29)30-23(2,3)4)15-10-18(24)20(19(25)11-15)21(28)17-7-5-6-14-12-26-9-8-16(14)17/h5-13H,1-4H3,(H,27,29). The molecule has 3 aromatic rings. The molecule has 1 amide bonds. The van der Waals surface area contributed by atoms with Crippen molar-refractivity contribution in [1.29, 1.82) is 0 Å². The summed E-state index contributed by atoms with van der Waals surface area (Å²) in [7, 11) is 0. The van der Waals surface area contributed by atoms with Gasteiger partial charge < -0.3 is 10.1 Å². The van der Waals surface area contributed by atoms with Gasteiger partial charge in [0.15, 0.2) is 5.78 Å². The van der Waals surface area contributed by atoms with Crippen LogP contribution in [0.5, 0.6) is 0 Å². The lowest BCUT2D eigenvalue weighted by Gasteiger charge is -2.22. The Morgan fingerprint density at radius 1 is 1.20 bits per heavy atom. The minimum atomic E-state index is -0.758. The van der Waals surface area contributed by atoms with Crippen LogP contribution in [0.15, 0.2) is 48.8 Å². The normalized spacial score (nSPS) is 12.5. The second-order valence-corrected chi connectivity index (χ2v) is 8.37. The first-order valence-electron chi connectivity index (χ1n) is 9.42. The van der Waals surface area contributed by atoms with Crippen molar-refractivity contribution in [3.63, 3.8) is 0 Å². The molecular weight excluding hydrogens is 407 g/mol. The van der Waals surface area contributed by atoms with Crippen LogP contribution in [0.1, 0.15) is 55.2 Å². The molecule has 0 spiro atoms. The number of carbonyl (C=O) groups excluding carboxylic acids is 2. The zero-order valence-electron chi connectivity index (χ0n) is 17.1. The molecule has 1 atom stereocenters. The molecule has 3 rings (SSSR count). The lowest BCUT2D eigenvalue weighted by molar-refractivity contribution is 0.0507. The van der Waals surface area contributed by atoms with Crippen LogP contribution in [0.3, 0.4) is 0 Å². The van der Waals surface area contributed by atoms with Gasteiger partial charge in [0.1, 0.15) is 11.4 Å². The van der Waals surface area contributed by atoms with E-state index in [9.17, 15) is 14.0 Å². The van der Waals surface area contributed by atoms with Crippen LogP contribution >= 0.6 is 11.6 Å². The number of hydrogen-bond donors (Lipinski definition) is 1. The summed E-state index contributed by atoms with van der Waals surface area (Å²) in [6.07, 6.45) is 2.58. The predicted molar refractivity (Wildman–Crippen MR) is 114 cm³/mol. The minimum absolute atomic E-state index is 0.0288. The summed E-state index contributed by atoms with van der Waals surface area (Å²) < 4.78 is 20.2. The zero-order chi connectivity index (χ0) is 22.1. The molecule has 7 heteroatoms. The van der Waals surface area contributed by atoms with Crippen molar-refractivity contribution in [3.05, 3.63) is 76.3 Å². The fraction of sp³-hybridized carbons (Fsp3) is 0.261. The van der Waals surface area contributed by atoms with E-state index in [-0.39, 0.29) is 10.6 Å². The Morgan fingerprint density at radius 2 is 1.93 bits per heavy atom. The summed E-state index contributed by atoms with van der Waals surface area (Å²) >= 11 is 6.30. The fourth-order valence-corrected chi connectivity index (χ4v) is 3.38. The highest BCUT2D eigenvalue weighted by Crippen LogP contribution is 2.29. The number of fused-ring (bicyclic) bond motifs is 1. The Bertz CT molecular complexity index is 1100. The predicted octanol–water partition coefficient (Wildman–Crippen LogP) is 5.84. The van der Waals surface area contributed by atoms with Gasteiger partial charge in [0.25, 0.3) is 0 Å². The van der Waals surface area contributed by atoms with Crippen molar-refractivity contribution < 1.29 is 18.7 Å². The molecule has 30 heavy (non-hydrogen) atoms.